The number of hydrogen-bond acceptors (Lipinski definition) is 5. The zero-order chi connectivity index (χ0) is 21.3. The number of aromatic nitrogens is 2. The molecule has 0 fully saturated rings. The van der Waals surface area contributed by atoms with Crippen LogP contribution in [0.15, 0.2) is 36.5 Å². The summed E-state index contributed by atoms with van der Waals surface area (Å²) in [6, 6.07) is 9.27. The molecule has 1 aliphatic heterocycles. The van der Waals surface area contributed by atoms with E-state index in [1.54, 1.807) is 6.20 Å². The lowest BCUT2D eigenvalue weighted by atomic mass is 10.0. The number of carbonyl (C=O) groups excluding carboxylic acids is 1. The number of anilines is 1. The molecule has 152 valence electrons. The second-order valence-corrected chi connectivity index (χ2v) is 7.94. The van der Waals surface area contributed by atoms with Crippen LogP contribution in [0.4, 0.5) is 5.82 Å². The Labute approximate surface area is 176 Å². The number of pyridine rings is 2. The molecule has 0 saturated heterocycles. The number of benzene rings is 1. The molecule has 0 bridgehead atoms. The van der Waals surface area contributed by atoms with E-state index >= 15 is 0 Å². The number of ether oxygens (including phenoxy) is 1. The zero-order valence-corrected chi connectivity index (χ0v) is 17.2. The Morgan fingerprint density at radius 1 is 1.27 bits per heavy atom. The molecule has 30 heavy (non-hydrogen) atoms. The van der Waals surface area contributed by atoms with Gasteiger partial charge in [0.25, 0.3) is 5.91 Å². The summed E-state index contributed by atoms with van der Waals surface area (Å²) >= 11 is 0. The minimum atomic E-state index is -0.0436. The van der Waals surface area contributed by atoms with E-state index in [0.29, 0.717) is 43.6 Å². The molecular formula is C24H24N4O2. The van der Waals surface area contributed by atoms with E-state index in [1.807, 2.05) is 35.2 Å². The van der Waals surface area contributed by atoms with Crippen molar-refractivity contribution >= 4 is 22.6 Å². The molecule has 3 heterocycles. The largest absolute Gasteiger partial charge is 0.383 e. The molecule has 0 radical (unpaired) electrons. The molecule has 6 nitrogen and oxygen atoms in total. The van der Waals surface area contributed by atoms with Crippen LogP contribution in [0.3, 0.4) is 0 Å². The number of hydrogen-bond donors (Lipinski definition) is 1. The van der Waals surface area contributed by atoms with E-state index in [9.17, 15) is 4.79 Å². The Hall–Kier alpha value is -3.43. The van der Waals surface area contributed by atoms with Gasteiger partial charge in [0.1, 0.15) is 5.82 Å². The molecule has 2 aromatic heterocycles. The van der Waals surface area contributed by atoms with Gasteiger partial charge < -0.3 is 15.4 Å². The van der Waals surface area contributed by atoms with Crippen molar-refractivity contribution in [2.24, 2.45) is 5.92 Å². The summed E-state index contributed by atoms with van der Waals surface area (Å²) in [5.41, 5.74) is 10.9. The highest BCUT2D eigenvalue weighted by Crippen LogP contribution is 2.31. The van der Waals surface area contributed by atoms with Crippen LogP contribution < -0.4 is 5.73 Å². The highest BCUT2D eigenvalue weighted by molar-refractivity contribution is 5.99. The van der Waals surface area contributed by atoms with Gasteiger partial charge in [-0.3, -0.25) is 9.78 Å². The van der Waals surface area contributed by atoms with Gasteiger partial charge in [-0.15, -0.1) is 6.42 Å². The van der Waals surface area contributed by atoms with Gasteiger partial charge in [0.05, 0.1) is 31.0 Å². The standard InChI is InChI=1S/C24H24N4O2/c1-4-16-5-7-18(26-10-16)12-28(11-15(2)3)24(29)17-6-8-22-19(9-17)20-13-30-14-21(20)23(25)27-22/h1,5-10,15H,11-14H2,2-3H3,(H2,25,27). The second kappa shape index (κ2) is 8.13. The summed E-state index contributed by atoms with van der Waals surface area (Å²) in [5, 5.41) is 0.920. The smallest absolute Gasteiger partial charge is 0.254 e. The van der Waals surface area contributed by atoms with E-state index < -0.39 is 0 Å². The van der Waals surface area contributed by atoms with Gasteiger partial charge in [-0.1, -0.05) is 19.8 Å². The number of rotatable bonds is 5. The molecule has 6 heteroatoms. The van der Waals surface area contributed by atoms with Gasteiger partial charge >= 0.3 is 0 Å². The Bertz CT molecular complexity index is 1150. The van der Waals surface area contributed by atoms with Crippen molar-refractivity contribution in [1.29, 1.82) is 0 Å². The van der Waals surface area contributed by atoms with Crippen molar-refractivity contribution in [2.45, 2.75) is 33.6 Å². The Morgan fingerprint density at radius 3 is 2.77 bits per heavy atom. The third-order valence-corrected chi connectivity index (χ3v) is 5.19. The van der Waals surface area contributed by atoms with Gasteiger partial charge in [0.15, 0.2) is 0 Å². The summed E-state index contributed by atoms with van der Waals surface area (Å²) in [6.45, 7) is 6.16. The van der Waals surface area contributed by atoms with Crippen LogP contribution in [-0.2, 0) is 24.5 Å². The summed E-state index contributed by atoms with van der Waals surface area (Å²) in [7, 11) is 0. The van der Waals surface area contributed by atoms with E-state index in [0.717, 1.165) is 33.3 Å². The molecule has 0 atom stereocenters. The lowest BCUT2D eigenvalue weighted by molar-refractivity contribution is 0.0720. The summed E-state index contributed by atoms with van der Waals surface area (Å²) in [4.78, 5) is 24.1. The molecule has 0 aliphatic carbocycles. The Morgan fingerprint density at radius 2 is 2.07 bits per heavy atom. The average molecular weight is 400 g/mol. The fourth-order valence-electron chi connectivity index (χ4n) is 3.75. The van der Waals surface area contributed by atoms with Crippen LogP contribution >= 0.6 is 0 Å². The van der Waals surface area contributed by atoms with Crippen molar-refractivity contribution in [1.82, 2.24) is 14.9 Å². The quantitative estimate of drug-likeness (QED) is 0.663. The first-order valence-corrected chi connectivity index (χ1v) is 9.95. The van der Waals surface area contributed by atoms with Crippen LogP contribution in [0.1, 0.15) is 46.6 Å². The summed E-state index contributed by atoms with van der Waals surface area (Å²) < 4.78 is 5.56. The number of carbonyl (C=O) groups is 1. The number of nitrogens with two attached hydrogens (primary N) is 1. The topological polar surface area (TPSA) is 81.3 Å². The van der Waals surface area contributed by atoms with Crippen molar-refractivity contribution < 1.29 is 9.53 Å². The lowest BCUT2D eigenvalue weighted by Gasteiger charge is -2.24. The van der Waals surface area contributed by atoms with E-state index in [-0.39, 0.29) is 5.91 Å². The Kier molecular flexibility index (Phi) is 5.39. The predicted octanol–water partition coefficient (Wildman–Crippen LogP) is 3.52. The molecule has 0 spiro atoms. The maximum atomic E-state index is 13.4. The molecule has 0 saturated carbocycles. The number of terminal acetylenes is 1. The van der Waals surface area contributed by atoms with E-state index in [4.69, 9.17) is 16.9 Å². The molecule has 4 rings (SSSR count). The van der Waals surface area contributed by atoms with Crippen molar-refractivity contribution in [3.05, 3.63) is 64.5 Å². The van der Waals surface area contributed by atoms with Crippen LogP contribution in [0.25, 0.3) is 10.9 Å². The fourth-order valence-corrected chi connectivity index (χ4v) is 3.75. The van der Waals surface area contributed by atoms with Gasteiger partial charge in [-0.25, -0.2) is 4.98 Å². The highest BCUT2D eigenvalue weighted by Gasteiger charge is 2.22. The van der Waals surface area contributed by atoms with Gasteiger partial charge in [-0.2, -0.15) is 0 Å². The van der Waals surface area contributed by atoms with Gasteiger partial charge in [0, 0.05) is 34.8 Å². The van der Waals surface area contributed by atoms with Crippen LogP contribution in [0.2, 0.25) is 0 Å². The van der Waals surface area contributed by atoms with Crippen LogP contribution in [-0.4, -0.2) is 27.3 Å². The maximum absolute atomic E-state index is 13.4. The van der Waals surface area contributed by atoms with Gasteiger partial charge in [-0.05, 0) is 41.8 Å². The molecule has 1 aromatic carbocycles. The number of nitrogens with zero attached hydrogens (tertiary/aromatic N) is 3. The molecular weight excluding hydrogens is 376 g/mol. The predicted molar refractivity (Wildman–Crippen MR) is 116 cm³/mol. The third kappa shape index (κ3) is 3.85. The van der Waals surface area contributed by atoms with Crippen molar-refractivity contribution in [3.63, 3.8) is 0 Å². The first-order chi connectivity index (χ1) is 14.5. The molecule has 1 amide bonds. The average Bonchev–Trinajstić information content (AvgIpc) is 3.24. The minimum Gasteiger partial charge on any atom is -0.383 e. The van der Waals surface area contributed by atoms with Crippen molar-refractivity contribution in [3.8, 4) is 12.3 Å². The minimum absolute atomic E-state index is 0.0436. The highest BCUT2D eigenvalue weighted by atomic mass is 16.5. The monoisotopic (exact) mass is 400 g/mol. The SMILES string of the molecule is C#Cc1ccc(CN(CC(C)C)C(=O)c2ccc3nc(N)c4c(c3c2)COC4)nc1. The number of amides is 1. The fraction of sp³-hybridized carbons (Fsp3) is 0.292. The first kappa shape index (κ1) is 19.9. The Balaban J connectivity index is 1.67. The normalized spacial score (nSPS) is 12.7. The van der Waals surface area contributed by atoms with Crippen molar-refractivity contribution in [2.75, 3.05) is 12.3 Å². The number of nitrogen functional groups attached to an aromatic ring is 1. The van der Waals surface area contributed by atoms with E-state index in [2.05, 4.69) is 29.7 Å². The molecule has 0 unspecified atom stereocenters. The van der Waals surface area contributed by atoms with Gasteiger partial charge in [0.2, 0.25) is 0 Å². The first-order valence-electron chi connectivity index (χ1n) is 9.95. The van der Waals surface area contributed by atoms with Crippen LogP contribution in [0, 0.1) is 18.3 Å². The maximum Gasteiger partial charge on any atom is 0.254 e. The second-order valence-electron chi connectivity index (χ2n) is 7.94. The number of fused-ring (bicyclic) bond motifs is 3. The summed E-state index contributed by atoms with van der Waals surface area (Å²) in [5.74, 6) is 3.33. The summed E-state index contributed by atoms with van der Waals surface area (Å²) in [6.07, 6.45) is 7.06. The van der Waals surface area contributed by atoms with E-state index in [1.165, 1.54) is 0 Å². The third-order valence-electron chi connectivity index (χ3n) is 5.19. The molecule has 3 aromatic rings. The van der Waals surface area contributed by atoms with Crippen LogP contribution in [0.5, 0.6) is 0 Å². The molecule has 1 aliphatic rings. The zero-order valence-electron chi connectivity index (χ0n) is 17.2. The molecule has 2 N–H and O–H groups in total. The lowest BCUT2D eigenvalue weighted by Crippen LogP contribution is -2.34.